The number of para-hydroxylation sites is 1. The minimum Gasteiger partial charge on any atom is -0.497 e. The summed E-state index contributed by atoms with van der Waals surface area (Å²) in [5, 5.41) is 7.39. The second kappa shape index (κ2) is 10.7. The predicted octanol–water partition coefficient (Wildman–Crippen LogP) is 5.74. The van der Waals surface area contributed by atoms with Crippen molar-refractivity contribution in [3.8, 4) is 5.75 Å². The number of benzene rings is 3. The summed E-state index contributed by atoms with van der Waals surface area (Å²) in [6.45, 7) is 4.84. The van der Waals surface area contributed by atoms with E-state index < -0.39 is 0 Å². The Morgan fingerprint density at radius 1 is 1.03 bits per heavy atom. The highest BCUT2D eigenvalue weighted by Crippen LogP contribution is 2.19. The van der Waals surface area contributed by atoms with Gasteiger partial charge >= 0.3 is 0 Å². The summed E-state index contributed by atoms with van der Waals surface area (Å²) in [5.74, 6) is 1.23. The number of hydrogen-bond donors (Lipinski definition) is 3. The summed E-state index contributed by atoms with van der Waals surface area (Å²) in [4.78, 5) is 20.9. The van der Waals surface area contributed by atoms with Gasteiger partial charge in [0.2, 0.25) is 5.96 Å². The predicted molar refractivity (Wildman–Crippen MR) is 139 cm³/mol. The van der Waals surface area contributed by atoms with Crippen LogP contribution in [0.5, 0.6) is 5.75 Å². The van der Waals surface area contributed by atoms with Crippen LogP contribution in [0.1, 0.15) is 41.3 Å². The SMILES string of the molecule is COc1cccc(C(=O)NC(=NCCc2c[nH]c3ccccc23)Nc2ccc(C(C)C)cc2)c1. The Morgan fingerprint density at radius 2 is 1.82 bits per heavy atom. The number of ether oxygens (including phenoxy) is 1. The van der Waals surface area contributed by atoms with E-state index in [1.165, 1.54) is 16.5 Å². The third kappa shape index (κ3) is 5.64. The van der Waals surface area contributed by atoms with Crippen LogP contribution in [0.3, 0.4) is 0 Å². The summed E-state index contributed by atoms with van der Waals surface area (Å²) in [7, 11) is 1.58. The lowest BCUT2D eigenvalue weighted by Gasteiger charge is -2.13. The number of amides is 1. The first-order chi connectivity index (χ1) is 16.5. The topological polar surface area (TPSA) is 78.5 Å². The first-order valence-electron chi connectivity index (χ1n) is 11.5. The van der Waals surface area contributed by atoms with Gasteiger partial charge in [-0.2, -0.15) is 0 Å². The first kappa shape index (κ1) is 23.1. The minimum atomic E-state index is -0.254. The summed E-state index contributed by atoms with van der Waals surface area (Å²) in [6, 6.07) is 23.4. The molecule has 6 nitrogen and oxygen atoms in total. The lowest BCUT2D eigenvalue weighted by Crippen LogP contribution is -2.36. The third-order valence-corrected chi connectivity index (χ3v) is 5.73. The molecule has 4 rings (SSSR count). The molecule has 0 aliphatic carbocycles. The van der Waals surface area contributed by atoms with Crippen molar-refractivity contribution in [2.24, 2.45) is 4.99 Å². The van der Waals surface area contributed by atoms with Crippen molar-refractivity contribution in [3.63, 3.8) is 0 Å². The van der Waals surface area contributed by atoms with Crippen LogP contribution in [0.15, 0.2) is 84.0 Å². The molecule has 1 amide bonds. The molecule has 0 aliphatic rings. The molecular weight excluding hydrogens is 424 g/mol. The molecule has 4 aromatic rings. The quantitative estimate of drug-likeness (QED) is 0.246. The van der Waals surface area contributed by atoms with E-state index in [-0.39, 0.29) is 5.91 Å². The van der Waals surface area contributed by atoms with Crippen LogP contribution in [-0.2, 0) is 6.42 Å². The molecule has 174 valence electrons. The van der Waals surface area contributed by atoms with E-state index in [2.05, 4.69) is 53.7 Å². The molecule has 34 heavy (non-hydrogen) atoms. The molecule has 0 unspecified atom stereocenters. The average molecular weight is 455 g/mol. The third-order valence-electron chi connectivity index (χ3n) is 5.73. The fourth-order valence-corrected chi connectivity index (χ4v) is 3.77. The van der Waals surface area contributed by atoms with Crippen LogP contribution in [0, 0.1) is 0 Å². The molecule has 1 aromatic heterocycles. The number of anilines is 1. The van der Waals surface area contributed by atoms with Gasteiger partial charge in [-0.05, 0) is 59.9 Å². The number of aliphatic imine (C=N–C) groups is 1. The molecule has 0 atom stereocenters. The van der Waals surface area contributed by atoms with Gasteiger partial charge in [-0.15, -0.1) is 0 Å². The van der Waals surface area contributed by atoms with Crippen LogP contribution < -0.4 is 15.4 Å². The number of guanidine groups is 1. The van der Waals surface area contributed by atoms with Crippen LogP contribution in [-0.4, -0.2) is 30.5 Å². The number of carbonyl (C=O) groups is 1. The monoisotopic (exact) mass is 454 g/mol. The Kier molecular flexibility index (Phi) is 7.28. The van der Waals surface area contributed by atoms with E-state index in [1.807, 2.05) is 36.5 Å². The molecule has 1 heterocycles. The van der Waals surface area contributed by atoms with Crippen molar-refractivity contribution in [1.29, 1.82) is 0 Å². The van der Waals surface area contributed by atoms with Gasteiger partial charge in [-0.25, -0.2) is 0 Å². The summed E-state index contributed by atoms with van der Waals surface area (Å²) in [6.07, 6.45) is 2.77. The van der Waals surface area contributed by atoms with Crippen LogP contribution in [0.2, 0.25) is 0 Å². The highest BCUT2D eigenvalue weighted by Gasteiger charge is 2.11. The zero-order chi connectivity index (χ0) is 23.9. The molecule has 3 N–H and O–H groups in total. The maximum Gasteiger partial charge on any atom is 0.258 e. The number of hydrogen-bond acceptors (Lipinski definition) is 3. The number of aromatic nitrogens is 1. The number of methoxy groups -OCH3 is 1. The number of fused-ring (bicyclic) bond motifs is 1. The zero-order valence-corrected chi connectivity index (χ0v) is 19.8. The van der Waals surface area contributed by atoms with Crippen molar-refractivity contribution in [1.82, 2.24) is 10.3 Å². The van der Waals surface area contributed by atoms with E-state index in [4.69, 9.17) is 9.73 Å². The van der Waals surface area contributed by atoms with Gasteiger partial charge in [0.15, 0.2) is 0 Å². The Hall–Kier alpha value is -4.06. The van der Waals surface area contributed by atoms with Crippen molar-refractivity contribution in [2.45, 2.75) is 26.2 Å². The summed E-state index contributed by atoms with van der Waals surface area (Å²) >= 11 is 0. The van der Waals surface area contributed by atoms with Gasteiger partial charge in [0, 0.05) is 34.9 Å². The van der Waals surface area contributed by atoms with Gasteiger partial charge in [-0.3, -0.25) is 15.1 Å². The lowest BCUT2D eigenvalue weighted by molar-refractivity contribution is 0.0976. The average Bonchev–Trinajstić information content (AvgIpc) is 3.27. The maximum absolute atomic E-state index is 12.9. The van der Waals surface area contributed by atoms with E-state index >= 15 is 0 Å². The number of H-pyrrole nitrogens is 1. The molecule has 0 spiro atoms. The van der Waals surface area contributed by atoms with Gasteiger partial charge in [0.05, 0.1) is 7.11 Å². The van der Waals surface area contributed by atoms with E-state index in [9.17, 15) is 4.79 Å². The number of aromatic amines is 1. The smallest absolute Gasteiger partial charge is 0.258 e. The van der Waals surface area contributed by atoms with Gasteiger partial charge in [-0.1, -0.05) is 50.2 Å². The Balaban J connectivity index is 1.52. The second-order valence-electron chi connectivity index (χ2n) is 8.43. The fraction of sp³-hybridized carbons (Fsp3) is 0.214. The molecule has 6 heteroatoms. The van der Waals surface area contributed by atoms with E-state index in [0.717, 1.165) is 17.6 Å². The number of nitrogens with zero attached hydrogens (tertiary/aromatic N) is 1. The molecule has 3 aromatic carbocycles. The van der Waals surface area contributed by atoms with Crippen molar-refractivity contribution < 1.29 is 9.53 Å². The van der Waals surface area contributed by atoms with Gasteiger partial charge in [0.1, 0.15) is 5.75 Å². The number of rotatable bonds is 7. The fourth-order valence-electron chi connectivity index (χ4n) is 3.77. The van der Waals surface area contributed by atoms with Crippen molar-refractivity contribution >= 4 is 28.5 Å². The molecule has 0 radical (unpaired) electrons. The number of carbonyl (C=O) groups excluding carboxylic acids is 1. The maximum atomic E-state index is 12.9. The van der Waals surface area contributed by atoms with Crippen LogP contribution in [0.4, 0.5) is 5.69 Å². The molecule has 0 saturated heterocycles. The standard InChI is InChI=1S/C28H30N4O2/c1-19(2)20-11-13-23(14-12-20)31-28(32-27(33)21-7-6-8-24(17-21)34-3)29-16-15-22-18-30-26-10-5-4-9-25(22)26/h4-14,17-19,30H,15-16H2,1-3H3,(H2,29,31,32,33). The molecular formula is C28H30N4O2. The van der Waals surface area contributed by atoms with Gasteiger partial charge < -0.3 is 15.0 Å². The Labute approximate surface area is 200 Å². The van der Waals surface area contributed by atoms with Crippen LogP contribution >= 0.6 is 0 Å². The molecule has 0 bridgehead atoms. The lowest BCUT2D eigenvalue weighted by atomic mass is 10.0. The highest BCUT2D eigenvalue weighted by atomic mass is 16.5. The largest absolute Gasteiger partial charge is 0.497 e. The van der Waals surface area contributed by atoms with Crippen molar-refractivity contribution in [2.75, 3.05) is 19.0 Å². The van der Waals surface area contributed by atoms with Crippen LogP contribution in [0.25, 0.3) is 10.9 Å². The molecule has 0 aliphatic heterocycles. The molecule has 0 fully saturated rings. The van der Waals surface area contributed by atoms with Gasteiger partial charge in [0.25, 0.3) is 5.91 Å². The zero-order valence-electron chi connectivity index (χ0n) is 19.8. The summed E-state index contributed by atoms with van der Waals surface area (Å²) < 4.78 is 5.25. The second-order valence-corrected chi connectivity index (χ2v) is 8.43. The highest BCUT2D eigenvalue weighted by molar-refractivity contribution is 6.10. The minimum absolute atomic E-state index is 0.254. The molecule has 0 saturated carbocycles. The first-order valence-corrected chi connectivity index (χ1v) is 11.5. The summed E-state index contributed by atoms with van der Waals surface area (Å²) in [5.41, 5.74) is 4.92. The normalized spacial score (nSPS) is 11.6. The Bertz CT molecular complexity index is 1290. The number of nitrogens with one attached hydrogen (secondary N) is 3. The van der Waals surface area contributed by atoms with Crippen molar-refractivity contribution in [3.05, 3.63) is 95.7 Å². The van der Waals surface area contributed by atoms with E-state index in [0.29, 0.717) is 29.7 Å². The van der Waals surface area contributed by atoms with E-state index in [1.54, 1.807) is 25.3 Å². The Morgan fingerprint density at radius 3 is 2.59 bits per heavy atom.